The maximum atomic E-state index is 13.0. The molecule has 27 heavy (non-hydrogen) atoms. The number of amides is 2. The Morgan fingerprint density at radius 1 is 1.33 bits per heavy atom. The molecule has 0 aliphatic carbocycles. The minimum absolute atomic E-state index is 0. The number of carbonyl (C=O) groups excluding carboxylic acids is 2. The van der Waals surface area contributed by atoms with Crippen LogP contribution in [0.4, 0.5) is 0 Å². The van der Waals surface area contributed by atoms with Gasteiger partial charge in [0.2, 0.25) is 11.7 Å². The topological polar surface area (TPSA) is 78.7 Å². The molecule has 2 atom stereocenters. The highest BCUT2D eigenvalue weighted by Crippen LogP contribution is 2.32. The van der Waals surface area contributed by atoms with E-state index in [2.05, 4.69) is 10.5 Å². The predicted octanol–water partition coefficient (Wildman–Crippen LogP) is 1.92. The SMILES string of the molecule is CNCCN1C(=O)CC[C@H]2CN(C(=O)c3onc4ccccc34)CC[C@H]21.Cl. The molecule has 4 rings (SSSR count). The minimum Gasteiger partial charge on any atom is -0.350 e. The zero-order valence-corrected chi connectivity index (χ0v) is 16.2. The van der Waals surface area contributed by atoms with Crippen LogP contribution in [-0.2, 0) is 4.79 Å². The number of nitrogens with one attached hydrogen (secondary N) is 1. The third kappa shape index (κ3) is 3.66. The molecule has 2 aliphatic rings. The summed E-state index contributed by atoms with van der Waals surface area (Å²) in [5, 5.41) is 7.86. The van der Waals surface area contributed by atoms with Gasteiger partial charge in [0.15, 0.2) is 0 Å². The van der Waals surface area contributed by atoms with E-state index in [1.54, 1.807) is 0 Å². The Kier molecular flexibility index (Phi) is 6.01. The molecule has 0 radical (unpaired) electrons. The van der Waals surface area contributed by atoms with Crippen LogP contribution >= 0.6 is 12.4 Å². The Bertz CT molecular complexity index is 824. The van der Waals surface area contributed by atoms with Gasteiger partial charge in [0, 0.05) is 38.6 Å². The first-order chi connectivity index (χ1) is 12.7. The number of hydrogen-bond acceptors (Lipinski definition) is 5. The molecule has 146 valence electrons. The van der Waals surface area contributed by atoms with Gasteiger partial charge in [0.05, 0.1) is 5.39 Å². The van der Waals surface area contributed by atoms with Crippen LogP contribution in [0.5, 0.6) is 0 Å². The van der Waals surface area contributed by atoms with E-state index in [9.17, 15) is 9.59 Å². The fourth-order valence-corrected chi connectivity index (χ4v) is 4.25. The van der Waals surface area contributed by atoms with Gasteiger partial charge in [0.1, 0.15) is 5.52 Å². The van der Waals surface area contributed by atoms with Crippen molar-refractivity contribution >= 4 is 35.1 Å². The van der Waals surface area contributed by atoms with Crippen molar-refractivity contribution < 1.29 is 14.1 Å². The van der Waals surface area contributed by atoms with Crippen LogP contribution in [0.25, 0.3) is 10.9 Å². The normalized spacial score (nSPS) is 22.5. The fraction of sp³-hybridized carbons (Fsp3) is 0.526. The second-order valence-electron chi connectivity index (χ2n) is 7.13. The summed E-state index contributed by atoms with van der Waals surface area (Å²) >= 11 is 0. The number of rotatable bonds is 4. The molecule has 7 nitrogen and oxygen atoms in total. The lowest BCUT2D eigenvalue weighted by Crippen LogP contribution is -2.57. The molecule has 0 spiro atoms. The van der Waals surface area contributed by atoms with Crippen molar-refractivity contribution in [3.8, 4) is 0 Å². The van der Waals surface area contributed by atoms with Crippen LogP contribution < -0.4 is 5.32 Å². The lowest BCUT2D eigenvalue weighted by molar-refractivity contribution is -0.140. The first-order valence-corrected chi connectivity index (χ1v) is 9.27. The molecule has 2 saturated heterocycles. The van der Waals surface area contributed by atoms with Gasteiger partial charge in [-0.3, -0.25) is 9.59 Å². The highest BCUT2D eigenvalue weighted by molar-refractivity contribution is 6.03. The number of piperidine rings is 2. The van der Waals surface area contributed by atoms with E-state index in [1.165, 1.54) is 0 Å². The third-order valence-electron chi connectivity index (χ3n) is 5.61. The summed E-state index contributed by atoms with van der Waals surface area (Å²) in [5.41, 5.74) is 0.701. The molecule has 2 aromatic rings. The van der Waals surface area contributed by atoms with E-state index in [0.717, 1.165) is 31.3 Å². The maximum absolute atomic E-state index is 13.0. The lowest BCUT2D eigenvalue weighted by atomic mass is 9.83. The molecule has 0 saturated carbocycles. The van der Waals surface area contributed by atoms with Gasteiger partial charge >= 0.3 is 0 Å². The summed E-state index contributed by atoms with van der Waals surface area (Å²) in [5.74, 6) is 0.785. The Morgan fingerprint density at radius 2 is 2.15 bits per heavy atom. The second kappa shape index (κ2) is 8.27. The quantitative estimate of drug-likeness (QED) is 0.860. The smallest absolute Gasteiger partial charge is 0.293 e. The summed E-state index contributed by atoms with van der Waals surface area (Å²) in [6.45, 7) is 2.83. The van der Waals surface area contributed by atoms with Gasteiger partial charge in [-0.1, -0.05) is 17.3 Å². The van der Waals surface area contributed by atoms with Gasteiger partial charge < -0.3 is 19.6 Å². The number of aromatic nitrogens is 1. The molecule has 2 aliphatic heterocycles. The summed E-state index contributed by atoms with van der Waals surface area (Å²) in [6, 6.07) is 7.71. The van der Waals surface area contributed by atoms with E-state index < -0.39 is 0 Å². The highest BCUT2D eigenvalue weighted by Gasteiger charge is 2.40. The number of nitrogens with zero attached hydrogens (tertiary/aromatic N) is 3. The van der Waals surface area contributed by atoms with Crippen LogP contribution in [0, 0.1) is 5.92 Å². The zero-order chi connectivity index (χ0) is 18.1. The van der Waals surface area contributed by atoms with E-state index in [0.29, 0.717) is 36.7 Å². The van der Waals surface area contributed by atoms with Crippen LogP contribution in [-0.4, -0.2) is 66.0 Å². The summed E-state index contributed by atoms with van der Waals surface area (Å²) in [7, 11) is 1.90. The number of hydrogen-bond donors (Lipinski definition) is 1. The number of likely N-dealkylation sites (tertiary alicyclic amines) is 2. The summed E-state index contributed by atoms with van der Waals surface area (Å²) < 4.78 is 5.34. The average Bonchev–Trinajstić information content (AvgIpc) is 3.10. The van der Waals surface area contributed by atoms with Crippen molar-refractivity contribution in [3.05, 3.63) is 30.0 Å². The molecule has 0 unspecified atom stereocenters. The third-order valence-corrected chi connectivity index (χ3v) is 5.61. The number of halogens is 1. The first-order valence-electron chi connectivity index (χ1n) is 9.27. The van der Waals surface area contributed by atoms with Crippen molar-refractivity contribution in [2.45, 2.75) is 25.3 Å². The van der Waals surface area contributed by atoms with Crippen molar-refractivity contribution in [3.63, 3.8) is 0 Å². The molecule has 1 aromatic heterocycles. The van der Waals surface area contributed by atoms with Crippen LogP contribution in [0.2, 0.25) is 0 Å². The summed E-state index contributed by atoms with van der Waals surface area (Å²) in [6.07, 6.45) is 2.23. The van der Waals surface area contributed by atoms with Crippen molar-refractivity contribution in [1.82, 2.24) is 20.3 Å². The van der Waals surface area contributed by atoms with E-state index in [-0.39, 0.29) is 30.3 Å². The molecule has 2 fully saturated rings. The van der Waals surface area contributed by atoms with Crippen molar-refractivity contribution in [1.29, 1.82) is 0 Å². The Labute approximate surface area is 164 Å². The van der Waals surface area contributed by atoms with E-state index >= 15 is 0 Å². The monoisotopic (exact) mass is 392 g/mol. The molecule has 1 N–H and O–H groups in total. The van der Waals surface area contributed by atoms with Gasteiger partial charge in [-0.2, -0.15) is 0 Å². The van der Waals surface area contributed by atoms with Crippen LogP contribution in [0.1, 0.15) is 29.8 Å². The molecular formula is C19H25ClN4O3. The minimum atomic E-state index is -0.101. The van der Waals surface area contributed by atoms with Gasteiger partial charge in [-0.25, -0.2) is 0 Å². The van der Waals surface area contributed by atoms with Crippen LogP contribution in [0.15, 0.2) is 28.8 Å². The Morgan fingerprint density at radius 3 is 2.96 bits per heavy atom. The molecule has 1 aromatic carbocycles. The molecule has 8 heteroatoms. The number of fused-ring (bicyclic) bond motifs is 2. The van der Waals surface area contributed by atoms with Gasteiger partial charge in [-0.05, 0) is 37.9 Å². The zero-order valence-electron chi connectivity index (χ0n) is 15.4. The standard InChI is InChI=1S/C19H24N4O3.ClH/c1-20-9-11-23-16-8-10-22(12-13(16)6-7-17(23)24)19(25)18-14-4-2-3-5-15(14)21-26-18;/h2-5,13,16,20H,6-12H2,1H3;1H/t13-,16+;/m0./s1. The fourth-order valence-electron chi connectivity index (χ4n) is 4.25. The van der Waals surface area contributed by atoms with Gasteiger partial charge in [-0.15, -0.1) is 12.4 Å². The lowest BCUT2D eigenvalue weighted by Gasteiger charge is -2.47. The highest BCUT2D eigenvalue weighted by atomic mass is 35.5. The molecule has 3 heterocycles. The van der Waals surface area contributed by atoms with E-state index in [1.807, 2.05) is 41.1 Å². The summed E-state index contributed by atoms with van der Waals surface area (Å²) in [4.78, 5) is 29.1. The number of likely N-dealkylation sites (N-methyl/N-ethyl adjacent to an activating group) is 1. The van der Waals surface area contributed by atoms with Crippen LogP contribution in [0.3, 0.4) is 0 Å². The maximum Gasteiger partial charge on any atom is 0.293 e. The first kappa shape index (κ1) is 19.6. The van der Waals surface area contributed by atoms with Crippen molar-refractivity contribution in [2.75, 3.05) is 33.2 Å². The number of benzene rings is 1. The molecule has 0 bridgehead atoms. The molecular weight excluding hydrogens is 368 g/mol. The number of carbonyl (C=O) groups is 2. The Balaban J connectivity index is 0.00000210. The van der Waals surface area contributed by atoms with E-state index in [4.69, 9.17) is 4.52 Å². The average molecular weight is 393 g/mol. The largest absolute Gasteiger partial charge is 0.350 e. The van der Waals surface area contributed by atoms with Gasteiger partial charge in [0.25, 0.3) is 5.91 Å². The second-order valence-corrected chi connectivity index (χ2v) is 7.13. The predicted molar refractivity (Wildman–Crippen MR) is 104 cm³/mol. The van der Waals surface area contributed by atoms with Crippen molar-refractivity contribution in [2.24, 2.45) is 5.92 Å². The molecule has 2 amide bonds. The Hall–Kier alpha value is -2.12.